The van der Waals surface area contributed by atoms with Crippen molar-refractivity contribution in [3.8, 4) is 0 Å². The van der Waals surface area contributed by atoms with Gasteiger partial charge in [-0.25, -0.2) is 4.79 Å². The predicted molar refractivity (Wildman–Crippen MR) is 76.0 cm³/mol. The fourth-order valence-corrected chi connectivity index (χ4v) is 2.42. The van der Waals surface area contributed by atoms with E-state index in [1.54, 1.807) is 4.90 Å². The highest BCUT2D eigenvalue weighted by Crippen LogP contribution is 2.28. The molecule has 0 aromatic carbocycles. The van der Waals surface area contributed by atoms with Crippen molar-refractivity contribution in [2.75, 3.05) is 13.7 Å². The molecular formula is C15H27NO3. The standard InChI is InChI=1S/C15H27NO3/c1-15(2,3)19-14(18)16(4)13-9-7-12(8-10-13)6-5-11-17/h5-6,12-13,17H,7-11H2,1-4H3/t12-,13-. The average molecular weight is 269 g/mol. The Hall–Kier alpha value is -1.03. The van der Waals surface area contributed by atoms with Crippen molar-refractivity contribution < 1.29 is 14.6 Å². The largest absolute Gasteiger partial charge is 0.444 e. The van der Waals surface area contributed by atoms with Crippen LogP contribution in [0.15, 0.2) is 12.2 Å². The maximum Gasteiger partial charge on any atom is 0.410 e. The molecule has 0 saturated heterocycles. The second-order valence-corrected chi connectivity index (χ2v) is 6.27. The number of ether oxygens (including phenoxy) is 1. The lowest BCUT2D eigenvalue weighted by molar-refractivity contribution is 0.0179. The lowest BCUT2D eigenvalue weighted by Gasteiger charge is -2.34. The molecule has 0 aliphatic heterocycles. The first-order valence-electron chi connectivity index (χ1n) is 7.07. The molecule has 0 spiro atoms. The molecule has 1 aliphatic carbocycles. The molecule has 0 bridgehead atoms. The van der Waals surface area contributed by atoms with E-state index >= 15 is 0 Å². The predicted octanol–water partition coefficient (Wildman–Crippen LogP) is 2.96. The molecule has 4 heteroatoms. The normalized spacial score (nSPS) is 24.5. The topological polar surface area (TPSA) is 49.8 Å². The Morgan fingerprint density at radius 1 is 1.32 bits per heavy atom. The number of carbonyl (C=O) groups is 1. The van der Waals surface area contributed by atoms with Crippen molar-refractivity contribution in [3.05, 3.63) is 12.2 Å². The van der Waals surface area contributed by atoms with E-state index in [1.807, 2.05) is 33.9 Å². The molecule has 1 aliphatic rings. The van der Waals surface area contributed by atoms with E-state index in [0.717, 1.165) is 25.7 Å². The lowest BCUT2D eigenvalue weighted by atomic mass is 9.85. The SMILES string of the molecule is CN(C(=O)OC(C)(C)C)[C@H]1CC[C@H](C=CCO)CC1. The van der Waals surface area contributed by atoms with E-state index in [1.165, 1.54) is 0 Å². The second kappa shape index (κ2) is 6.94. The van der Waals surface area contributed by atoms with Crippen molar-refractivity contribution in [1.29, 1.82) is 0 Å². The zero-order valence-electron chi connectivity index (χ0n) is 12.6. The van der Waals surface area contributed by atoms with Crippen LogP contribution in [-0.2, 0) is 4.74 Å². The third-order valence-electron chi connectivity index (χ3n) is 3.48. The van der Waals surface area contributed by atoms with Gasteiger partial charge in [0.2, 0.25) is 0 Å². The fraction of sp³-hybridized carbons (Fsp3) is 0.800. The van der Waals surface area contributed by atoms with Gasteiger partial charge < -0.3 is 14.7 Å². The van der Waals surface area contributed by atoms with Crippen LogP contribution in [0.3, 0.4) is 0 Å². The Bertz CT molecular complexity index is 312. The molecule has 0 atom stereocenters. The number of aliphatic hydroxyl groups excluding tert-OH is 1. The molecule has 0 heterocycles. The molecule has 0 aromatic heterocycles. The van der Waals surface area contributed by atoms with Crippen LogP contribution in [-0.4, -0.2) is 41.4 Å². The third kappa shape index (κ3) is 5.64. The second-order valence-electron chi connectivity index (χ2n) is 6.27. The molecule has 4 nitrogen and oxygen atoms in total. The lowest BCUT2D eigenvalue weighted by Crippen LogP contribution is -2.42. The number of rotatable bonds is 3. The quantitative estimate of drug-likeness (QED) is 0.801. The van der Waals surface area contributed by atoms with Gasteiger partial charge in [-0.15, -0.1) is 0 Å². The average Bonchev–Trinajstić information content (AvgIpc) is 2.34. The van der Waals surface area contributed by atoms with Crippen LogP contribution in [0.4, 0.5) is 4.79 Å². The first-order chi connectivity index (χ1) is 8.83. The number of hydrogen-bond acceptors (Lipinski definition) is 3. The van der Waals surface area contributed by atoms with Gasteiger partial charge in [-0.3, -0.25) is 0 Å². The van der Waals surface area contributed by atoms with Crippen LogP contribution in [0.5, 0.6) is 0 Å². The number of hydrogen-bond donors (Lipinski definition) is 1. The molecule has 1 fully saturated rings. The van der Waals surface area contributed by atoms with Gasteiger partial charge >= 0.3 is 6.09 Å². The Morgan fingerprint density at radius 3 is 2.37 bits per heavy atom. The smallest absolute Gasteiger partial charge is 0.410 e. The van der Waals surface area contributed by atoms with Gasteiger partial charge in [-0.2, -0.15) is 0 Å². The number of amides is 1. The molecule has 0 unspecified atom stereocenters. The maximum absolute atomic E-state index is 12.0. The van der Waals surface area contributed by atoms with Gasteiger partial charge in [0.25, 0.3) is 0 Å². The van der Waals surface area contributed by atoms with Gasteiger partial charge in [0.15, 0.2) is 0 Å². The summed E-state index contributed by atoms with van der Waals surface area (Å²) in [5, 5.41) is 8.76. The summed E-state index contributed by atoms with van der Waals surface area (Å²) in [6, 6.07) is 0.272. The van der Waals surface area contributed by atoms with Gasteiger partial charge in [-0.1, -0.05) is 12.2 Å². The van der Waals surface area contributed by atoms with Crippen molar-refractivity contribution in [2.24, 2.45) is 5.92 Å². The van der Waals surface area contributed by atoms with E-state index in [0.29, 0.717) is 5.92 Å². The first-order valence-corrected chi connectivity index (χ1v) is 7.07. The fourth-order valence-electron chi connectivity index (χ4n) is 2.42. The first kappa shape index (κ1) is 16.0. The number of allylic oxidation sites excluding steroid dienone is 1. The number of aliphatic hydroxyl groups is 1. The van der Waals surface area contributed by atoms with Gasteiger partial charge in [0.05, 0.1) is 6.61 Å². The van der Waals surface area contributed by atoms with E-state index in [2.05, 4.69) is 6.08 Å². The summed E-state index contributed by atoms with van der Waals surface area (Å²) >= 11 is 0. The zero-order valence-corrected chi connectivity index (χ0v) is 12.6. The van der Waals surface area contributed by atoms with Gasteiger partial charge in [-0.05, 0) is 52.4 Å². The van der Waals surface area contributed by atoms with Crippen LogP contribution in [0.25, 0.3) is 0 Å². The minimum absolute atomic E-state index is 0.109. The van der Waals surface area contributed by atoms with E-state index < -0.39 is 5.60 Å². The molecule has 0 aromatic rings. The van der Waals surface area contributed by atoms with Crippen LogP contribution in [0.2, 0.25) is 0 Å². The van der Waals surface area contributed by atoms with Crippen molar-refractivity contribution in [2.45, 2.75) is 58.1 Å². The van der Waals surface area contributed by atoms with Gasteiger partial charge in [0.1, 0.15) is 5.60 Å². The molecule has 1 N–H and O–H groups in total. The Morgan fingerprint density at radius 2 is 1.89 bits per heavy atom. The van der Waals surface area contributed by atoms with Crippen molar-refractivity contribution in [3.63, 3.8) is 0 Å². The Kier molecular flexibility index (Phi) is 5.85. The number of carbonyl (C=O) groups excluding carboxylic acids is 1. The highest BCUT2D eigenvalue weighted by atomic mass is 16.6. The highest BCUT2D eigenvalue weighted by Gasteiger charge is 2.28. The molecule has 110 valence electrons. The van der Waals surface area contributed by atoms with Crippen LogP contribution in [0, 0.1) is 5.92 Å². The highest BCUT2D eigenvalue weighted by molar-refractivity contribution is 5.68. The third-order valence-corrected chi connectivity index (χ3v) is 3.48. The minimum Gasteiger partial charge on any atom is -0.444 e. The summed E-state index contributed by atoms with van der Waals surface area (Å²) in [6.07, 6.45) is 7.78. The van der Waals surface area contributed by atoms with E-state index in [9.17, 15) is 4.79 Å². The summed E-state index contributed by atoms with van der Waals surface area (Å²) < 4.78 is 5.38. The van der Waals surface area contributed by atoms with Crippen LogP contribution in [0.1, 0.15) is 46.5 Å². The van der Waals surface area contributed by atoms with Crippen molar-refractivity contribution in [1.82, 2.24) is 4.90 Å². The summed E-state index contributed by atoms with van der Waals surface area (Å²) in [5.41, 5.74) is -0.438. The molecule has 1 saturated carbocycles. The monoisotopic (exact) mass is 269 g/mol. The Labute approximate surface area is 116 Å². The van der Waals surface area contributed by atoms with Crippen LogP contribution < -0.4 is 0 Å². The summed E-state index contributed by atoms with van der Waals surface area (Å²) in [7, 11) is 1.82. The Balaban J connectivity index is 2.42. The minimum atomic E-state index is -0.438. The molecule has 1 rings (SSSR count). The van der Waals surface area contributed by atoms with Crippen LogP contribution >= 0.6 is 0 Å². The molecule has 0 radical (unpaired) electrons. The molecule has 1 amide bonds. The van der Waals surface area contributed by atoms with E-state index in [-0.39, 0.29) is 18.7 Å². The maximum atomic E-state index is 12.0. The van der Waals surface area contributed by atoms with Crippen molar-refractivity contribution >= 4 is 6.09 Å². The molecular weight excluding hydrogens is 242 g/mol. The van der Waals surface area contributed by atoms with Gasteiger partial charge in [0, 0.05) is 13.1 Å². The van der Waals surface area contributed by atoms with E-state index in [4.69, 9.17) is 9.84 Å². The summed E-state index contributed by atoms with van der Waals surface area (Å²) in [6.45, 7) is 5.76. The summed E-state index contributed by atoms with van der Waals surface area (Å²) in [4.78, 5) is 13.7. The number of nitrogens with zero attached hydrogens (tertiary/aromatic N) is 1. The molecule has 19 heavy (non-hydrogen) atoms. The summed E-state index contributed by atoms with van der Waals surface area (Å²) in [5.74, 6) is 0.537. The zero-order chi connectivity index (χ0) is 14.5.